The number of likely N-dealkylation sites (tertiary alicyclic amines) is 1. The Hall–Kier alpha value is -2.23. The number of carbonyl (C=O) groups is 2. The number of piperidine rings is 1. The van der Waals surface area contributed by atoms with Gasteiger partial charge in [-0.05, 0) is 44.0 Å². The van der Waals surface area contributed by atoms with Crippen molar-refractivity contribution < 1.29 is 9.59 Å². The predicted octanol–water partition coefficient (Wildman–Crippen LogP) is 4.69. The van der Waals surface area contributed by atoms with E-state index in [0.29, 0.717) is 23.8 Å². The minimum Gasteiger partial charge on any atom is -0.338 e. The van der Waals surface area contributed by atoms with Crippen LogP contribution in [-0.2, 0) is 10.5 Å². The van der Waals surface area contributed by atoms with Gasteiger partial charge in [0.25, 0.3) is 5.91 Å². The van der Waals surface area contributed by atoms with E-state index in [1.165, 1.54) is 11.3 Å². The minimum absolute atomic E-state index is 0.0200. The first-order chi connectivity index (χ1) is 14.6. The van der Waals surface area contributed by atoms with E-state index >= 15 is 0 Å². The lowest BCUT2D eigenvalue weighted by Gasteiger charge is -2.32. The molecule has 3 heterocycles. The lowest BCUT2D eigenvalue weighted by molar-refractivity contribution is -0.121. The van der Waals surface area contributed by atoms with Crippen molar-refractivity contribution in [2.24, 2.45) is 5.92 Å². The van der Waals surface area contributed by atoms with Gasteiger partial charge in [-0.3, -0.25) is 9.59 Å². The second kappa shape index (κ2) is 9.72. The molecule has 1 fully saturated rings. The van der Waals surface area contributed by atoms with Crippen molar-refractivity contribution >= 4 is 51.4 Å². The van der Waals surface area contributed by atoms with Gasteiger partial charge < -0.3 is 10.2 Å². The topological polar surface area (TPSA) is 75.2 Å². The number of hydrogen-bond donors (Lipinski definition) is 1. The highest BCUT2D eigenvalue weighted by Gasteiger charge is 2.29. The van der Waals surface area contributed by atoms with Crippen LogP contribution in [0.5, 0.6) is 0 Å². The van der Waals surface area contributed by atoms with Gasteiger partial charge in [-0.25, -0.2) is 9.97 Å². The molecule has 0 bridgehead atoms. The van der Waals surface area contributed by atoms with Crippen LogP contribution in [0.25, 0.3) is 0 Å². The molecular weight excluding hydrogens is 436 g/mol. The summed E-state index contributed by atoms with van der Waals surface area (Å²) in [5.74, 6) is 0.530. The molecule has 1 aromatic carbocycles. The molecule has 1 unspecified atom stereocenters. The third-order valence-corrected chi connectivity index (χ3v) is 7.45. The monoisotopic (exact) mass is 458 g/mol. The van der Waals surface area contributed by atoms with E-state index in [0.717, 1.165) is 34.2 Å². The molecule has 9 heteroatoms. The van der Waals surface area contributed by atoms with Crippen LogP contribution in [0, 0.1) is 12.8 Å². The molecule has 2 aromatic heterocycles. The Labute approximate surface area is 187 Å². The first-order valence-corrected chi connectivity index (χ1v) is 12.5. The lowest BCUT2D eigenvalue weighted by atomic mass is 9.96. The van der Waals surface area contributed by atoms with Crippen LogP contribution < -0.4 is 5.32 Å². The van der Waals surface area contributed by atoms with Gasteiger partial charge in [0.2, 0.25) is 5.91 Å². The standard InChI is InChI=1S/C21H22N4O2S3/c1-14-23-17(12-29-14)13-30-18-6-4-15(5-7-18)20(27)25-9-2-3-16(11-25)19(26)24-21-22-8-10-28-21/h4-8,10,12,16H,2-3,9,11,13H2,1H3,(H,22,24,26). The van der Waals surface area contributed by atoms with Crippen molar-refractivity contribution in [3.8, 4) is 0 Å². The summed E-state index contributed by atoms with van der Waals surface area (Å²) in [4.78, 5) is 36.9. The molecule has 1 aliphatic heterocycles. The summed E-state index contributed by atoms with van der Waals surface area (Å²) in [7, 11) is 0. The molecular formula is C21H22N4O2S3. The van der Waals surface area contributed by atoms with Gasteiger partial charge in [0, 0.05) is 46.3 Å². The normalized spacial score (nSPS) is 16.4. The maximum absolute atomic E-state index is 12.9. The van der Waals surface area contributed by atoms with Crippen LogP contribution in [0.15, 0.2) is 46.1 Å². The third kappa shape index (κ3) is 5.27. The van der Waals surface area contributed by atoms with Crippen molar-refractivity contribution in [3.63, 3.8) is 0 Å². The van der Waals surface area contributed by atoms with Crippen LogP contribution in [-0.4, -0.2) is 39.8 Å². The fourth-order valence-corrected chi connectivity index (χ4v) is 5.42. The van der Waals surface area contributed by atoms with Crippen molar-refractivity contribution in [3.05, 3.63) is 57.5 Å². The van der Waals surface area contributed by atoms with Crippen LogP contribution in [0.1, 0.15) is 33.9 Å². The van der Waals surface area contributed by atoms with E-state index < -0.39 is 0 Å². The maximum atomic E-state index is 12.9. The van der Waals surface area contributed by atoms with Gasteiger partial charge in [-0.2, -0.15) is 0 Å². The highest BCUT2D eigenvalue weighted by atomic mass is 32.2. The van der Waals surface area contributed by atoms with E-state index in [9.17, 15) is 9.59 Å². The second-order valence-electron chi connectivity index (χ2n) is 7.09. The second-order valence-corrected chi connectivity index (χ2v) is 10.1. The average molecular weight is 459 g/mol. The average Bonchev–Trinajstić information content (AvgIpc) is 3.44. The number of benzene rings is 1. The van der Waals surface area contributed by atoms with E-state index in [-0.39, 0.29) is 17.7 Å². The molecule has 6 nitrogen and oxygen atoms in total. The fraction of sp³-hybridized carbons (Fsp3) is 0.333. The largest absolute Gasteiger partial charge is 0.338 e. The zero-order valence-electron chi connectivity index (χ0n) is 16.5. The van der Waals surface area contributed by atoms with Crippen LogP contribution in [0.2, 0.25) is 0 Å². The molecule has 2 amide bonds. The predicted molar refractivity (Wildman–Crippen MR) is 122 cm³/mol. The van der Waals surface area contributed by atoms with Crippen LogP contribution in [0.3, 0.4) is 0 Å². The van der Waals surface area contributed by atoms with Gasteiger partial charge in [-0.1, -0.05) is 0 Å². The molecule has 0 saturated carbocycles. The highest BCUT2D eigenvalue weighted by molar-refractivity contribution is 7.98. The molecule has 3 aromatic rings. The quantitative estimate of drug-likeness (QED) is 0.542. The Morgan fingerprint density at radius 1 is 1.27 bits per heavy atom. The van der Waals surface area contributed by atoms with Crippen LogP contribution >= 0.6 is 34.4 Å². The lowest BCUT2D eigenvalue weighted by Crippen LogP contribution is -2.43. The number of amides is 2. The molecule has 1 atom stereocenters. The number of nitrogens with zero attached hydrogens (tertiary/aromatic N) is 3. The van der Waals surface area contributed by atoms with Gasteiger partial charge >= 0.3 is 0 Å². The number of rotatable bonds is 6. The minimum atomic E-state index is -0.206. The summed E-state index contributed by atoms with van der Waals surface area (Å²) in [6.45, 7) is 3.13. The molecule has 156 valence electrons. The zero-order chi connectivity index (χ0) is 20.9. The van der Waals surface area contributed by atoms with Gasteiger partial charge in [0.1, 0.15) is 0 Å². The summed E-state index contributed by atoms with van der Waals surface area (Å²) in [6, 6.07) is 7.70. The number of hydrogen-bond acceptors (Lipinski definition) is 7. The molecule has 0 radical (unpaired) electrons. The number of aryl methyl sites for hydroxylation is 1. The van der Waals surface area contributed by atoms with Gasteiger partial charge in [-0.15, -0.1) is 34.4 Å². The molecule has 1 aliphatic rings. The molecule has 1 saturated heterocycles. The van der Waals surface area contributed by atoms with Crippen molar-refractivity contribution in [2.45, 2.75) is 30.4 Å². The molecule has 0 spiro atoms. The Morgan fingerprint density at radius 3 is 2.80 bits per heavy atom. The maximum Gasteiger partial charge on any atom is 0.253 e. The number of nitrogens with one attached hydrogen (secondary N) is 1. The number of aromatic nitrogens is 2. The van der Waals surface area contributed by atoms with E-state index in [1.807, 2.05) is 36.6 Å². The Bertz CT molecular complexity index is 1000. The van der Waals surface area contributed by atoms with E-state index in [1.54, 1.807) is 34.2 Å². The van der Waals surface area contributed by atoms with Gasteiger partial charge in [0.15, 0.2) is 5.13 Å². The Kier molecular flexibility index (Phi) is 6.81. The summed E-state index contributed by atoms with van der Waals surface area (Å²) in [6.07, 6.45) is 3.27. The summed E-state index contributed by atoms with van der Waals surface area (Å²) in [5, 5.41) is 8.43. The van der Waals surface area contributed by atoms with Crippen LogP contribution in [0.4, 0.5) is 5.13 Å². The van der Waals surface area contributed by atoms with Crippen molar-refractivity contribution in [2.75, 3.05) is 18.4 Å². The number of thioether (sulfide) groups is 1. The summed E-state index contributed by atoms with van der Waals surface area (Å²) in [5.41, 5.74) is 1.74. The first-order valence-electron chi connectivity index (χ1n) is 9.72. The number of anilines is 1. The van der Waals surface area contributed by atoms with Gasteiger partial charge in [0.05, 0.1) is 16.6 Å². The van der Waals surface area contributed by atoms with E-state index in [2.05, 4.69) is 20.7 Å². The summed E-state index contributed by atoms with van der Waals surface area (Å²) < 4.78 is 0. The highest BCUT2D eigenvalue weighted by Crippen LogP contribution is 2.25. The molecule has 30 heavy (non-hydrogen) atoms. The fourth-order valence-electron chi connectivity index (χ4n) is 3.38. The van der Waals surface area contributed by atoms with E-state index in [4.69, 9.17) is 0 Å². The number of carbonyl (C=O) groups excluding carboxylic acids is 2. The third-order valence-electron chi connectivity index (χ3n) is 4.90. The smallest absolute Gasteiger partial charge is 0.253 e. The Balaban J connectivity index is 1.33. The zero-order valence-corrected chi connectivity index (χ0v) is 19.0. The van der Waals surface area contributed by atoms with Crippen molar-refractivity contribution in [1.29, 1.82) is 0 Å². The molecule has 0 aliphatic carbocycles. The SMILES string of the molecule is Cc1nc(CSc2ccc(C(=O)N3CCCC(C(=O)Nc4nccs4)C3)cc2)cs1. The van der Waals surface area contributed by atoms with Crippen molar-refractivity contribution in [1.82, 2.24) is 14.9 Å². The molecule has 1 N–H and O–H groups in total. The summed E-state index contributed by atoms with van der Waals surface area (Å²) >= 11 is 4.76. The number of thiazole rings is 2. The Morgan fingerprint density at radius 2 is 2.10 bits per heavy atom. The molecule has 4 rings (SSSR count). The first kappa shape index (κ1) is 21.0.